The molecule has 0 aliphatic rings. The number of nitrogens with two attached hydrogens (primary N) is 1. The molecule has 2 aromatic heterocycles. The normalized spacial score (nSPS) is 12.0. The molecule has 0 amide bonds. The number of aryl methyl sites for hydroxylation is 1. The number of hydrogen-bond donors (Lipinski definition) is 1. The molecule has 0 saturated heterocycles. The van der Waals surface area contributed by atoms with Crippen LogP contribution in [0.3, 0.4) is 0 Å². The van der Waals surface area contributed by atoms with Crippen LogP contribution in [0.25, 0.3) is 16.6 Å². The van der Waals surface area contributed by atoms with Gasteiger partial charge in [-0.2, -0.15) is 0 Å². The molecule has 3 rings (SSSR count). The van der Waals surface area contributed by atoms with Crippen LogP contribution in [0.5, 0.6) is 0 Å². The second-order valence-electron chi connectivity index (χ2n) is 5.57. The first kappa shape index (κ1) is 12.7. The van der Waals surface area contributed by atoms with Gasteiger partial charge in [-0.1, -0.05) is 23.4 Å². The monoisotopic (exact) mass is 267 g/mol. The fraction of sp³-hybridized carbons (Fsp3) is 0.267. The van der Waals surface area contributed by atoms with Gasteiger partial charge in [-0.3, -0.25) is 4.98 Å². The number of nitrogens with zero attached hydrogens (tertiary/aromatic N) is 4. The molecule has 0 bridgehead atoms. The van der Waals surface area contributed by atoms with Crippen molar-refractivity contribution in [1.82, 2.24) is 20.0 Å². The van der Waals surface area contributed by atoms with Crippen LogP contribution in [0, 0.1) is 6.92 Å². The number of hydrogen-bond acceptors (Lipinski definition) is 4. The van der Waals surface area contributed by atoms with E-state index in [0.29, 0.717) is 0 Å². The Balaban J connectivity index is 2.19. The molecule has 0 aliphatic heterocycles. The predicted molar refractivity (Wildman–Crippen MR) is 78.6 cm³/mol. The Bertz CT molecular complexity index is 767. The zero-order valence-corrected chi connectivity index (χ0v) is 11.8. The van der Waals surface area contributed by atoms with E-state index in [9.17, 15) is 0 Å². The lowest BCUT2D eigenvalue weighted by Gasteiger charge is -2.13. The maximum absolute atomic E-state index is 6.05. The van der Waals surface area contributed by atoms with Crippen LogP contribution < -0.4 is 5.73 Å². The van der Waals surface area contributed by atoms with Gasteiger partial charge >= 0.3 is 0 Å². The maximum Gasteiger partial charge on any atom is 0.102 e. The summed E-state index contributed by atoms with van der Waals surface area (Å²) in [6.07, 6.45) is 1.86. The molecule has 0 fully saturated rings. The Morgan fingerprint density at radius 1 is 1.15 bits per heavy atom. The largest absolute Gasteiger partial charge is 0.320 e. The first-order valence-corrected chi connectivity index (χ1v) is 6.53. The molecule has 0 saturated carbocycles. The summed E-state index contributed by atoms with van der Waals surface area (Å²) in [4.78, 5) is 4.60. The van der Waals surface area contributed by atoms with E-state index in [0.717, 1.165) is 28.0 Å². The number of benzene rings is 1. The minimum atomic E-state index is -0.508. The summed E-state index contributed by atoms with van der Waals surface area (Å²) in [7, 11) is 0. The summed E-state index contributed by atoms with van der Waals surface area (Å²) in [5.41, 5.74) is 9.10. The van der Waals surface area contributed by atoms with E-state index in [4.69, 9.17) is 5.73 Å². The Morgan fingerprint density at radius 3 is 2.65 bits per heavy atom. The molecule has 3 aromatic rings. The van der Waals surface area contributed by atoms with Crippen molar-refractivity contribution in [2.75, 3.05) is 0 Å². The molecular formula is C15H17N5. The average molecular weight is 267 g/mol. The molecule has 5 heteroatoms. The van der Waals surface area contributed by atoms with E-state index in [1.54, 1.807) is 4.68 Å². The van der Waals surface area contributed by atoms with Crippen molar-refractivity contribution in [2.45, 2.75) is 26.3 Å². The summed E-state index contributed by atoms with van der Waals surface area (Å²) >= 11 is 0. The molecule has 0 atom stereocenters. The lowest BCUT2D eigenvalue weighted by molar-refractivity contribution is 0.533. The second kappa shape index (κ2) is 4.38. The zero-order valence-electron chi connectivity index (χ0n) is 11.8. The average Bonchev–Trinajstić information content (AvgIpc) is 2.87. The van der Waals surface area contributed by atoms with Crippen LogP contribution in [0.2, 0.25) is 0 Å². The zero-order chi connectivity index (χ0) is 14.3. The van der Waals surface area contributed by atoms with Crippen molar-refractivity contribution < 1.29 is 0 Å². The standard InChI is InChI=1S/C15H17N5/c1-10-7-8-11-5-4-6-12(14(11)17-10)20-9-13(18-19-20)15(2,3)16/h4-9H,16H2,1-3H3. The Morgan fingerprint density at radius 2 is 1.95 bits per heavy atom. The summed E-state index contributed by atoms with van der Waals surface area (Å²) in [5, 5.41) is 9.41. The van der Waals surface area contributed by atoms with Crippen molar-refractivity contribution in [3.8, 4) is 5.69 Å². The molecular weight excluding hydrogens is 250 g/mol. The molecule has 20 heavy (non-hydrogen) atoms. The molecule has 0 unspecified atom stereocenters. The minimum absolute atomic E-state index is 0.508. The predicted octanol–water partition coefficient (Wildman–Crippen LogP) is 2.32. The van der Waals surface area contributed by atoms with E-state index >= 15 is 0 Å². The SMILES string of the molecule is Cc1ccc2cccc(-n3cc(C(C)(C)N)nn3)c2n1. The molecule has 102 valence electrons. The summed E-state index contributed by atoms with van der Waals surface area (Å²) in [6, 6.07) is 10.1. The Hall–Kier alpha value is -2.27. The van der Waals surface area contributed by atoms with Gasteiger partial charge in [-0.05, 0) is 32.9 Å². The van der Waals surface area contributed by atoms with Crippen LogP contribution in [0.1, 0.15) is 25.2 Å². The van der Waals surface area contributed by atoms with Gasteiger partial charge in [0.1, 0.15) is 5.69 Å². The van der Waals surface area contributed by atoms with E-state index in [1.165, 1.54) is 0 Å². The first-order chi connectivity index (χ1) is 9.45. The molecule has 2 N–H and O–H groups in total. The van der Waals surface area contributed by atoms with E-state index in [-0.39, 0.29) is 0 Å². The van der Waals surface area contributed by atoms with E-state index < -0.39 is 5.54 Å². The van der Waals surface area contributed by atoms with Crippen LogP contribution in [0.15, 0.2) is 36.5 Å². The molecule has 2 heterocycles. The highest BCUT2D eigenvalue weighted by molar-refractivity contribution is 5.86. The van der Waals surface area contributed by atoms with Crippen molar-refractivity contribution >= 4 is 10.9 Å². The fourth-order valence-electron chi connectivity index (χ4n) is 2.09. The maximum atomic E-state index is 6.05. The minimum Gasteiger partial charge on any atom is -0.320 e. The van der Waals surface area contributed by atoms with Crippen LogP contribution in [-0.4, -0.2) is 20.0 Å². The van der Waals surface area contributed by atoms with Gasteiger partial charge in [0.15, 0.2) is 0 Å². The highest BCUT2D eigenvalue weighted by atomic mass is 15.4. The third-order valence-corrected chi connectivity index (χ3v) is 3.24. The highest BCUT2D eigenvalue weighted by Crippen LogP contribution is 2.21. The Kier molecular flexibility index (Phi) is 2.79. The van der Waals surface area contributed by atoms with Crippen LogP contribution >= 0.6 is 0 Å². The summed E-state index contributed by atoms with van der Waals surface area (Å²) < 4.78 is 1.73. The summed E-state index contributed by atoms with van der Waals surface area (Å²) in [6.45, 7) is 5.80. The lowest BCUT2D eigenvalue weighted by atomic mass is 10.0. The van der Waals surface area contributed by atoms with Crippen molar-refractivity contribution in [3.05, 3.63) is 47.9 Å². The molecule has 1 aromatic carbocycles. The van der Waals surface area contributed by atoms with Crippen LogP contribution in [0.4, 0.5) is 0 Å². The highest BCUT2D eigenvalue weighted by Gasteiger charge is 2.19. The third kappa shape index (κ3) is 2.16. The quantitative estimate of drug-likeness (QED) is 0.773. The number of pyridine rings is 1. The van der Waals surface area contributed by atoms with Gasteiger partial charge in [0, 0.05) is 11.1 Å². The summed E-state index contributed by atoms with van der Waals surface area (Å²) in [5.74, 6) is 0. The van der Waals surface area contributed by atoms with Gasteiger partial charge < -0.3 is 5.73 Å². The van der Waals surface area contributed by atoms with Gasteiger partial charge in [-0.15, -0.1) is 5.10 Å². The molecule has 0 spiro atoms. The number of rotatable bonds is 2. The van der Waals surface area contributed by atoms with Gasteiger partial charge in [0.05, 0.1) is 22.9 Å². The number of fused-ring (bicyclic) bond motifs is 1. The Labute approximate surface area is 117 Å². The van der Waals surface area contributed by atoms with Crippen molar-refractivity contribution in [1.29, 1.82) is 0 Å². The number of aromatic nitrogens is 4. The molecule has 0 aliphatic carbocycles. The van der Waals surface area contributed by atoms with Gasteiger partial charge in [0.25, 0.3) is 0 Å². The van der Waals surface area contributed by atoms with Gasteiger partial charge in [0.2, 0.25) is 0 Å². The van der Waals surface area contributed by atoms with Crippen LogP contribution in [-0.2, 0) is 5.54 Å². The first-order valence-electron chi connectivity index (χ1n) is 6.53. The third-order valence-electron chi connectivity index (χ3n) is 3.24. The topological polar surface area (TPSA) is 69.6 Å². The fourth-order valence-corrected chi connectivity index (χ4v) is 2.09. The van der Waals surface area contributed by atoms with Crippen molar-refractivity contribution in [2.24, 2.45) is 5.73 Å². The lowest BCUT2D eigenvalue weighted by Crippen LogP contribution is -2.29. The smallest absolute Gasteiger partial charge is 0.102 e. The molecule has 5 nitrogen and oxygen atoms in total. The van der Waals surface area contributed by atoms with E-state index in [2.05, 4.69) is 21.4 Å². The second-order valence-corrected chi connectivity index (χ2v) is 5.57. The van der Waals surface area contributed by atoms with E-state index in [1.807, 2.05) is 51.2 Å². The van der Waals surface area contributed by atoms with Gasteiger partial charge in [-0.25, -0.2) is 4.68 Å². The van der Waals surface area contributed by atoms with Crippen molar-refractivity contribution in [3.63, 3.8) is 0 Å². The molecule has 0 radical (unpaired) electrons. The number of para-hydroxylation sites is 1.